The van der Waals surface area contributed by atoms with E-state index in [2.05, 4.69) is 20.8 Å². The van der Waals surface area contributed by atoms with Crippen LogP contribution in [0.15, 0.2) is 39.1 Å². The molecule has 0 unspecified atom stereocenters. The Balaban J connectivity index is 1.23. The normalized spacial score (nSPS) is 17.7. The predicted octanol–water partition coefficient (Wildman–Crippen LogP) is 3.84. The maximum absolute atomic E-state index is 12.3. The van der Waals surface area contributed by atoms with Gasteiger partial charge in [-0.15, -0.1) is 10.2 Å². The molecule has 2 atom stereocenters. The molecular weight excluding hydrogens is 396 g/mol. The summed E-state index contributed by atoms with van der Waals surface area (Å²) in [6.45, 7) is 3.50. The van der Waals surface area contributed by atoms with E-state index in [4.69, 9.17) is 9.15 Å². The molecule has 1 amide bonds. The first-order valence-electron chi connectivity index (χ1n) is 9.27. The number of nitrogens with zero attached hydrogens (tertiary/aromatic N) is 2. The molecule has 2 N–H and O–H groups in total. The largest absolute Gasteiger partial charge is 0.459 e. The molecule has 7 nitrogen and oxygen atoms in total. The van der Waals surface area contributed by atoms with E-state index in [0.717, 1.165) is 52.2 Å². The lowest BCUT2D eigenvalue weighted by molar-refractivity contribution is -0.119. The van der Waals surface area contributed by atoms with Gasteiger partial charge in [0.25, 0.3) is 0 Å². The molecule has 1 saturated heterocycles. The number of aromatic nitrogens is 2. The number of nitrogens with one attached hydrogen (secondary N) is 2. The highest BCUT2D eigenvalue weighted by molar-refractivity contribution is 8.01. The zero-order chi connectivity index (χ0) is 19.3. The fourth-order valence-electron chi connectivity index (χ4n) is 3.04. The molecule has 1 aliphatic heterocycles. The Morgan fingerprint density at radius 3 is 3.11 bits per heavy atom. The number of carbonyl (C=O) groups is 1. The van der Waals surface area contributed by atoms with Crippen LogP contribution >= 0.6 is 23.1 Å². The zero-order valence-electron chi connectivity index (χ0n) is 15.5. The Hall–Kier alpha value is -2.10. The second kappa shape index (κ2) is 8.93. The summed E-state index contributed by atoms with van der Waals surface area (Å²) in [6.07, 6.45) is 2.45. The number of ether oxygens (including phenoxy) is 1. The number of furan rings is 1. The highest BCUT2D eigenvalue weighted by Crippen LogP contribution is 2.27. The molecule has 4 rings (SSSR count). The zero-order valence-corrected chi connectivity index (χ0v) is 17.1. The maximum atomic E-state index is 12.3. The molecule has 3 heterocycles. The van der Waals surface area contributed by atoms with E-state index >= 15 is 0 Å². The van der Waals surface area contributed by atoms with Crippen LogP contribution < -0.4 is 10.6 Å². The van der Waals surface area contributed by atoms with Gasteiger partial charge in [0.1, 0.15) is 11.3 Å². The van der Waals surface area contributed by atoms with Crippen molar-refractivity contribution in [3.8, 4) is 0 Å². The number of amides is 1. The van der Waals surface area contributed by atoms with Crippen molar-refractivity contribution < 1.29 is 13.9 Å². The lowest BCUT2D eigenvalue weighted by Crippen LogP contribution is -2.27. The van der Waals surface area contributed by atoms with E-state index in [0.29, 0.717) is 0 Å². The number of para-hydroxylation sites is 1. The molecule has 1 fully saturated rings. The quantitative estimate of drug-likeness (QED) is 0.537. The van der Waals surface area contributed by atoms with Crippen LogP contribution in [0.2, 0.25) is 0 Å². The summed E-state index contributed by atoms with van der Waals surface area (Å²) in [7, 11) is 0. The number of carbonyl (C=O) groups excluding carboxylic acids is 1. The number of hydrogen-bond acceptors (Lipinski definition) is 8. The SMILES string of the molecule is C[C@@H](NC(=O)CSc1nnc(NC[C@@H]2CCCO2)s1)c1cc2ccccc2o1. The van der Waals surface area contributed by atoms with Crippen LogP contribution in [0.4, 0.5) is 5.13 Å². The molecule has 1 aliphatic rings. The van der Waals surface area contributed by atoms with Gasteiger partial charge in [-0.3, -0.25) is 4.79 Å². The summed E-state index contributed by atoms with van der Waals surface area (Å²) in [4.78, 5) is 12.3. The van der Waals surface area contributed by atoms with Crippen molar-refractivity contribution in [2.75, 3.05) is 24.2 Å². The third-order valence-corrected chi connectivity index (χ3v) is 6.50. The standard InChI is InChI=1S/C19H22N4O3S2/c1-12(16-9-13-5-2-3-7-15(13)26-16)21-17(24)11-27-19-23-22-18(28-19)20-10-14-6-4-8-25-14/h2-3,5,7,9,12,14H,4,6,8,10-11H2,1H3,(H,20,22)(H,21,24)/t12-,14+/m1/s1. The third-order valence-electron chi connectivity index (χ3n) is 4.49. The number of hydrogen-bond donors (Lipinski definition) is 2. The van der Waals surface area contributed by atoms with Gasteiger partial charge in [-0.1, -0.05) is 41.3 Å². The fraction of sp³-hybridized carbons (Fsp3) is 0.421. The molecule has 148 valence electrons. The first-order chi connectivity index (χ1) is 13.7. The number of thioether (sulfide) groups is 1. The molecule has 28 heavy (non-hydrogen) atoms. The molecule has 0 saturated carbocycles. The molecule has 1 aromatic carbocycles. The van der Waals surface area contributed by atoms with E-state index in [9.17, 15) is 4.79 Å². The van der Waals surface area contributed by atoms with Gasteiger partial charge < -0.3 is 19.8 Å². The predicted molar refractivity (Wildman–Crippen MR) is 111 cm³/mol. The van der Waals surface area contributed by atoms with Gasteiger partial charge in [0, 0.05) is 18.5 Å². The molecule has 3 aromatic rings. The van der Waals surface area contributed by atoms with E-state index in [1.165, 1.54) is 23.1 Å². The minimum Gasteiger partial charge on any atom is -0.459 e. The third kappa shape index (κ3) is 4.84. The first-order valence-corrected chi connectivity index (χ1v) is 11.1. The molecule has 0 bridgehead atoms. The lowest BCUT2D eigenvalue weighted by atomic mass is 10.2. The molecule has 0 aliphatic carbocycles. The number of benzene rings is 1. The van der Waals surface area contributed by atoms with Crippen LogP contribution in [-0.2, 0) is 9.53 Å². The Kier molecular flexibility index (Phi) is 6.13. The van der Waals surface area contributed by atoms with E-state index < -0.39 is 0 Å². The summed E-state index contributed by atoms with van der Waals surface area (Å²) in [5, 5.41) is 16.3. The van der Waals surface area contributed by atoms with Gasteiger partial charge in [0.2, 0.25) is 11.0 Å². The van der Waals surface area contributed by atoms with Crippen molar-refractivity contribution in [3.05, 3.63) is 36.1 Å². The van der Waals surface area contributed by atoms with Crippen LogP contribution in [0.3, 0.4) is 0 Å². The summed E-state index contributed by atoms with van der Waals surface area (Å²) in [6, 6.07) is 9.58. The van der Waals surface area contributed by atoms with Crippen molar-refractivity contribution in [1.82, 2.24) is 15.5 Å². The minimum atomic E-state index is -0.196. The number of fused-ring (bicyclic) bond motifs is 1. The van der Waals surface area contributed by atoms with Crippen molar-refractivity contribution >= 4 is 45.1 Å². The summed E-state index contributed by atoms with van der Waals surface area (Å²) < 4.78 is 12.2. The van der Waals surface area contributed by atoms with E-state index in [1.807, 2.05) is 37.3 Å². The number of rotatable bonds is 8. The Morgan fingerprint density at radius 2 is 2.29 bits per heavy atom. The summed E-state index contributed by atoms with van der Waals surface area (Å²) in [5.74, 6) is 0.961. The van der Waals surface area contributed by atoms with Crippen LogP contribution in [0.5, 0.6) is 0 Å². The average molecular weight is 419 g/mol. The van der Waals surface area contributed by atoms with E-state index in [1.54, 1.807) is 0 Å². The first kappa shape index (κ1) is 19.2. The molecule has 9 heteroatoms. The topological polar surface area (TPSA) is 89.3 Å². The Labute approximate surface area is 171 Å². The monoisotopic (exact) mass is 418 g/mol. The van der Waals surface area contributed by atoms with Crippen LogP contribution in [-0.4, -0.2) is 41.1 Å². The minimum absolute atomic E-state index is 0.0676. The Morgan fingerprint density at radius 1 is 1.39 bits per heavy atom. The van der Waals surface area contributed by atoms with Crippen LogP contribution in [0.1, 0.15) is 31.6 Å². The number of anilines is 1. The van der Waals surface area contributed by atoms with Gasteiger partial charge in [0.15, 0.2) is 4.34 Å². The van der Waals surface area contributed by atoms with Gasteiger partial charge in [-0.05, 0) is 31.9 Å². The van der Waals surface area contributed by atoms with Crippen molar-refractivity contribution in [2.45, 2.75) is 36.3 Å². The second-order valence-corrected chi connectivity index (χ2v) is 8.85. The van der Waals surface area contributed by atoms with Gasteiger partial charge >= 0.3 is 0 Å². The molecule has 0 radical (unpaired) electrons. The van der Waals surface area contributed by atoms with Crippen molar-refractivity contribution in [3.63, 3.8) is 0 Å². The van der Waals surface area contributed by atoms with Gasteiger partial charge in [0.05, 0.1) is 17.9 Å². The van der Waals surface area contributed by atoms with Crippen molar-refractivity contribution in [1.29, 1.82) is 0 Å². The highest BCUT2D eigenvalue weighted by Gasteiger charge is 2.17. The fourth-order valence-corrected chi connectivity index (χ4v) is 4.61. The maximum Gasteiger partial charge on any atom is 0.231 e. The summed E-state index contributed by atoms with van der Waals surface area (Å²) in [5.41, 5.74) is 0.824. The van der Waals surface area contributed by atoms with Crippen molar-refractivity contribution in [2.24, 2.45) is 0 Å². The van der Waals surface area contributed by atoms with Gasteiger partial charge in [-0.2, -0.15) is 0 Å². The molecule has 2 aromatic heterocycles. The highest BCUT2D eigenvalue weighted by atomic mass is 32.2. The summed E-state index contributed by atoms with van der Waals surface area (Å²) >= 11 is 2.83. The lowest BCUT2D eigenvalue weighted by Gasteiger charge is -2.10. The Bertz CT molecular complexity index is 903. The smallest absolute Gasteiger partial charge is 0.231 e. The van der Waals surface area contributed by atoms with Gasteiger partial charge in [-0.25, -0.2) is 0 Å². The second-order valence-electron chi connectivity index (χ2n) is 6.65. The van der Waals surface area contributed by atoms with Crippen LogP contribution in [0, 0.1) is 0 Å². The van der Waals surface area contributed by atoms with Crippen LogP contribution in [0.25, 0.3) is 11.0 Å². The van der Waals surface area contributed by atoms with E-state index in [-0.39, 0.29) is 23.8 Å². The molecular formula is C19H22N4O3S2. The molecule has 0 spiro atoms. The average Bonchev–Trinajstić information content (AvgIpc) is 3.45.